The van der Waals surface area contributed by atoms with E-state index < -0.39 is 17.9 Å². The highest BCUT2D eigenvalue weighted by atomic mass is 16.2. The van der Waals surface area contributed by atoms with Crippen molar-refractivity contribution in [3.05, 3.63) is 72.9 Å². The standard InChI is InChI=1S/C39H60N6O5/c1-3-5-7-8-9-10-11-12-13-14-15-16-17-18-19-20-21-22-23-28-35(46)45-34(39(50)42-30-25-6-4-2)27-24-26-29-41-37(48)32-44-38(49)33-43-36(47)31-40/h2,5,7,9-10,12-13,15-16,18-19,21-22,34H,3,6,8,11,14,17,20,23-33,40H2,1H3,(H,41,48)(H,42,50)(H,43,47)(H,44,49)(H,45,46)/b7-5-,10-9-,13-12-,16-15-,19-18-,22-21-/t34-/m0/s1. The van der Waals surface area contributed by atoms with Crippen LogP contribution < -0.4 is 32.3 Å². The number of terminal acetylenes is 1. The molecule has 0 aromatic carbocycles. The van der Waals surface area contributed by atoms with E-state index in [2.05, 4.69) is 100 Å². The van der Waals surface area contributed by atoms with Gasteiger partial charge in [-0.1, -0.05) is 79.8 Å². The highest BCUT2D eigenvalue weighted by molar-refractivity contribution is 5.89. The van der Waals surface area contributed by atoms with E-state index in [0.29, 0.717) is 51.6 Å². The van der Waals surface area contributed by atoms with Crippen LogP contribution in [0, 0.1) is 12.3 Å². The van der Waals surface area contributed by atoms with E-state index in [1.54, 1.807) is 0 Å². The third-order valence-electron chi connectivity index (χ3n) is 6.90. The van der Waals surface area contributed by atoms with Crippen molar-refractivity contribution >= 4 is 29.5 Å². The van der Waals surface area contributed by atoms with Gasteiger partial charge in [0.15, 0.2) is 0 Å². The Labute approximate surface area is 299 Å². The number of hydrogen-bond acceptors (Lipinski definition) is 6. The lowest BCUT2D eigenvalue weighted by Crippen LogP contribution is -2.47. The molecule has 0 unspecified atom stereocenters. The molecule has 11 nitrogen and oxygen atoms in total. The quantitative estimate of drug-likeness (QED) is 0.0394. The summed E-state index contributed by atoms with van der Waals surface area (Å²) >= 11 is 0. The van der Waals surface area contributed by atoms with Crippen molar-refractivity contribution in [1.29, 1.82) is 0 Å². The summed E-state index contributed by atoms with van der Waals surface area (Å²) in [5.74, 6) is 0.710. The molecule has 5 amide bonds. The minimum Gasteiger partial charge on any atom is -0.355 e. The molecule has 0 rings (SSSR count). The van der Waals surface area contributed by atoms with Crippen LogP contribution in [0.1, 0.15) is 90.4 Å². The molecule has 0 bridgehead atoms. The maximum atomic E-state index is 12.8. The van der Waals surface area contributed by atoms with Gasteiger partial charge in [-0.3, -0.25) is 24.0 Å². The van der Waals surface area contributed by atoms with Gasteiger partial charge in [0.2, 0.25) is 29.5 Å². The first-order valence-electron chi connectivity index (χ1n) is 17.7. The minimum atomic E-state index is -0.697. The van der Waals surface area contributed by atoms with Crippen LogP contribution in [0.3, 0.4) is 0 Å². The molecular weight excluding hydrogens is 632 g/mol. The Balaban J connectivity index is 4.36. The van der Waals surface area contributed by atoms with Gasteiger partial charge in [0, 0.05) is 25.9 Å². The fourth-order valence-corrected chi connectivity index (χ4v) is 4.17. The fourth-order valence-electron chi connectivity index (χ4n) is 4.17. The van der Waals surface area contributed by atoms with Crippen LogP contribution in [-0.4, -0.2) is 68.3 Å². The summed E-state index contributed by atoms with van der Waals surface area (Å²) in [4.78, 5) is 60.1. The molecule has 0 radical (unpaired) electrons. The second-order valence-electron chi connectivity index (χ2n) is 11.3. The Morgan fingerprint density at radius 2 is 1.12 bits per heavy atom. The number of carbonyl (C=O) groups excluding carboxylic acids is 5. The van der Waals surface area contributed by atoms with Crippen LogP contribution in [0.15, 0.2) is 72.9 Å². The lowest BCUT2D eigenvalue weighted by atomic mass is 10.1. The van der Waals surface area contributed by atoms with Gasteiger partial charge in [0.25, 0.3) is 0 Å². The van der Waals surface area contributed by atoms with E-state index in [1.807, 2.05) is 12.2 Å². The van der Waals surface area contributed by atoms with Crippen LogP contribution in [-0.2, 0) is 24.0 Å². The molecule has 0 aliphatic carbocycles. The van der Waals surface area contributed by atoms with E-state index in [9.17, 15) is 24.0 Å². The Morgan fingerprint density at radius 3 is 1.66 bits per heavy atom. The average molecular weight is 693 g/mol. The van der Waals surface area contributed by atoms with Crippen LogP contribution in [0.4, 0.5) is 0 Å². The number of rotatable bonds is 29. The molecule has 0 fully saturated rings. The number of nitrogens with one attached hydrogen (secondary N) is 5. The third-order valence-corrected chi connectivity index (χ3v) is 6.90. The Morgan fingerprint density at radius 1 is 0.620 bits per heavy atom. The largest absolute Gasteiger partial charge is 0.355 e. The molecular formula is C39H60N6O5. The van der Waals surface area contributed by atoms with Crippen molar-refractivity contribution in [2.45, 2.75) is 96.4 Å². The molecule has 0 saturated heterocycles. The molecule has 50 heavy (non-hydrogen) atoms. The summed E-state index contributed by atoms with van der Waals surface area (Å²) in [5, 5.41) is 13.1. The van der Waals surface area contributed by atoms with Gasteiger partial charge in [0.05, 0.1) is 19.6 Å². The van der Waals surface area contributed by atoms with E-state index in [-0.39, 0.29) is 43.8 Å². The number of unbranched alkanes of at least 4 members (excludes halogenated alkanes) is 2. The molecule has 0 aliphatic rings. The number of carbonyl (C=O) groups is 5. The predicted octanol–water partition coefficient (Wildman–Crippen LogP) is 3.96. The van der Waals surface area contributed by atoms with Crippen molar-refractivity contribution in [3.63, 3.8) is 0 Å². The topological polar surface area (TPSA) is 172 Å². The lowest BCUT2D eigenvalue weighted by molar-refractivity contribution is -0.129. The Hall–Kier alpha value is -4.69. The van der Waals surface area contributed by atoms with Gasteiger partial charge in [-0.15, -0.1) is 12.3 Å². The number of amides is 5. The molecule has 276 valence electrons. The highest BCUT2D eigenvalue weighted by Gasteiger charge is 2.19. The molecule has 0 spiro atoms. The summed E-state index contributed by atoms with van der Waals surface area (Å²) in [5.41, 5.74) is 5.16. The maximum Gasteiger partial charge on any atom is 0.242 e. The van der Waals surface area contributed by atoms with Gasteiger partial charge in [0.1, 0.15) is 6.04 Å². The third kappa shape index (κ3) is 30.6. The van der Waals surface area contributed by atoms with Crippen LogP contribution >= 0.6 is 0 Å². The van der Waals surface area contributed by atoms with Crippen molar-refractivity contribution in [2.75, 3.05) is 32.7 Å². The van der Waals surface area contributed by atoms with Gasteiger partial charge >= 0.3 is 0 Å². The maximum absolute atomic E-state index is 12.8. The molecule has 0 saturated carbocycles. The van der Waals surface area contributed by atoms with Crippen molar-refractivity contribution in [3.8, 4) is 12.3 Å². The molecule has 7 N–H and O–H groups in total. The summed E-state index contributed by atoms with van der Waals surface area (Å²) in [7, 11) is 0. The normalized spacial score (nSPS) is 12.3. The zero-order chi connectivity index (χ0) is 36.9. The first-order valence-corrected chi connectivity index (χ1v) is 17.7. The van der Waals surface area contributed by atoms with Gasteiger partial charge in [-0.2, -0.15) is 0 Å². The monoisotopic (exact) mass is 692 g/mol. The second-order valence-corrected chi connectivity index (χ2v) is 11.3. The minimum absolute atomic E-state index is 0.208. The fraction of sp³-hybridized carbons (Fsp3) is 0.513. The lowest BCUT2D eigenvalue weighted by Gasteiger charge is -2.18. The average Bonchev–Trinajstić information content (AvgIpc) is 3.11. The summed E-state index contributed by atoms with van der Waals surface area (Å²) < 4.78 is 0. The first-order chi connectivity index (χ1) is 24.3. The molecule has 0 aliphatic heterocycles. The first kappa shape index (κ1) is 45.3. The van der Waals surface area contributed by atoms with Gasteiger partial charge in [-0.25, -0.2) is 0 Å². The summed E-state index contributed by atoms with van der Waals surface area (Å²) in [6, 6.07) is -0.697. The number of nitrogens with two attached hydrogens (primary N) is 1. The number of allylic oxidation sites excluding steroid dienone is 12. The van der Waals surface area contributed by atoms with Gasteiger partial charge in [-0.05, 0) is 70.6 Å². The smallest absolute Gasteiger partial charge is 0.242 e. The van der Waals surface area contributed by atoms with Crippen LogP contribution in [0.2, 0.25) is 0 Å². The predicted molar refractivity (Wildman–Crippen MR) is 202 cm³/mol. The SMILES string of the molecule is C#CCCCNC(=O)[C@H](CCCCNC(=O)CNC(=O)CNC(=O)CN)NC(=O)CC/C=C\C/C=C\C/C=C\C/C=C\C/C=C\C/C=C\CC. The Kier molecular flexibility index (Phi) is 31.0. The zero-order valence-electron chi connectivity index (χ0n) is 29.9. The van der Waals surface area contributed by atoms with Crippen molar-refractivity contribution < 1.29 is 24.0 Å². The van der Waals surface area contributed by atoms with E-state index in [0.717, 1.165) is 38.5 Å². The summed E-state index contributed by atoms with van der Waals surface area (Å²) in [6.45, 7) is 2.18. The zero-order valence-corrected chi connectivity index (χ0v) is 29.9. The van der Waals surface area contributed by atoms with Crippen molar-refractivity contribution in [1.82, 2.24) is 26.6 Å². The van der Waals surface area contributed by atoms with Crippen LogP contribution in [0.25, 0.3) is 0 Å². The second kappa shape index (κ2) is 34.2. The van der Waals surface area contributed by atoms with E-state index >= 15 is 0 Å². The molecule has 0 aromatic rings. The molecule has 0 aromatic heterocycles. The highest BCUT2D eigenvalue weighted by Crippen LogP contribution is 2.04. The molecule has 0 heterocycles. The van der Waals surface area contributed by atoms with Crippen molar-refractivity contribution in [2.24, 2.45) is 5.73 Å². The van der Waals surface area contributed by atoms with E-state index in [1.165, 1.54) is 0 Å². The van der Waals surface area contributed by atoms with Crippen LogP contribution in [0.5, 0.6) is 0 Å². The summed E-state index contributed by atoms with van der Waals surface area (Å²) in [6.07, 6.45) is 40.1. The molecule has 1 atom stereocenters. The Bertz CT molecular complexity index is 1200. The number of hydrogen-bond donors (Lipinski definition) is 6. The van der Waals surface area contributed by atoms with Gasteiger partial charge < -0.3 is 32.3 Å². The van der Waals surface area contributed by atoms with E-state index in [4.69, 9.17) is 12.2 Å². The molecule has 11 heteroatoms.